The zero-order chi connectivity index (χ0) is 30.2. The van der Waals surface area contributed by atoms with Gasteiger partial charge in [-0.3, -0.25) is 0 Å². The molecule has 1 aliphatic rings. The van der Waals surface area contributed by atoms with E-state index in [0.29, 0.717) is 23.3 Å². The highest BCUT2D eigenvalue weighted by molar-refractivity contribution is 7.89. The molecule has 2 aromatic carbocycles. The lowest BCUT2D eigenvalue weighted by atomic mass is 9.90. The number of sulfonamides is 1. The molecule has 40 heavy (non-hydrogen) atoms. The normalized spacial score (nSPS) is 19.4. The van der Waals surface area contributed by atoms with Gasteiger partial charge in [0.05, 0.1) is 29.0 Å². The second-order valence-electron chi connectivity index (χ2n) is 9.86. The molecule has 0 unspecified atom stereocenters. The van der Waals surface area contributed by atoms with Crippen molar-refractivity contribution in [3.63, 3.8) is 0 Å². The first-order valence-electron chi connectivity index (χ1n) is 12.4. The van der Waals surface area contributed by atoms with Crippen molar-refractivity contribution in [2.45, 2.75) is 64.1 Å². The molecule has 1 aliphatic heterocycles. The minimum absolute atomic E-state index is 0.0213. The summed E-state index contributed by atoms with van der Waals surface area (Å²) in [5.74, 6) is -0.683. The third-order valence-electron chi connectivity index (χ3n) is 7.14. The number of piperidine rings is 1. The molecule has 3 rings (SSSR count). The first-order valence-corrected chi connectivity index (χ1v) is 14.1. The van der Waals surface area contributed by atoms with Gasteiger partial charge in [0, 0.05) is 19.6 Å². The van der Waals surface area contributed by atoms with E-state index in [2.05, 4.69) is 4.72 Å². The summed E-state index contributed by atoms with van der Waals surface area (Å²) >= 11 is 0. The van der Waals surface area contributed by atoms with Crippen molar-refractivity contribution in [1.82, 2.24) is 14.5 Å². The fraction of sp³-hybridized carbons (Fsp3) is 0.500. The van der Waals surface area contributed by atoms with E-state index in [-0.39, 0.29) is 36.8 Å². The third-order valence-corrected chi connectivity index (χ3v) is 8.59. The van der Waals surface area contributed by atoms with Gasteiger partial charge in [-0.15, -0.1) is 0 Å². The number of benzene rings is 2. The van der Waals surface area contributed by atoms with Gasteiger partial charge in [-0.05, 0) is 80.6 Å². The van der Waals surface area contributed by atoms with E-state index in [1.807, 2.05) is 0 Å². The number of likely N-dealkylation sites (tertiary alicyclic amines) is 1. The Morgan fingerprint density at radius 2 is 1.65 bits per heavy atom. The van der Waals surface area contributed by atoms with Gasteiger partial charge in [0.25, 0.3) is 0 Å². The van der Waals surface area contributed by atoms with Crippen LogP contribution < -0.4 is 4.72 Å². The maximum atomic E-state index is 13.8. The molecule has 6 nitrogen and oxygen atoms in total. The van der Waals surface area contributed by atoms with Gasteiger partial charge in [-0.2, -0.15) is 26.3 Å². The molecule has 2 aromatic rings. The molecule has 0 spiro atoms. The Bertz CT molecular complexity index is 1310. The van der Waals surface area contributed by atoms with E-state index in [1.54, 1.807) is 6.92 Å². The summed E-state index contributed by atoms with van der Waals surface area (Å²) in [5.41, 5.74) is -2.32. The van der Waals surface area contributed by atoms with E-state index < -0.39 is 63.5 Å². The Kier molecular flexibility index (Phi) is 9.14. The second-order valence-corrected chi connectivity index (χ2v) is 11.9. The lowest BCUT2D eigenvalue weighted by molar-refractivity contribution is -0.143. The molecule has 3 atom stereocenters. The molecule has 0 radical (unpaired) electrons. The van der Waals surface area contributed by atoms with Crippen molar-refractivity contribution in [2.75, 3.05) is 19.3 Å². The molecular weight excluding hydrogens is 567 g/mol. The number of amides is 2. The molecule has 1 saturated heterocycles. The fourth-order valence-corrected chi connectivity index (χ4v) is 5.65. The predicted octanol–water partition coefficient (Wildman–Crippen LogP) is 6.43. The largest absolute Gasteiger partial charge is 0.416 e. The molecule has 222 valence electrons. The number of aryl methyl sites for hydroxylation is 1. The summed E-state index contributed by atoms with van der Waals surface area (Å²) in [6.45, 7) is 4.43. The zero-order valence-electron chi connectivity index (χ0n) is 22.2. The molecule has 2 amide bonds. The van der Waals surface area contributed by atoms with Gasteiger partial charge in [-0.25, -0.2) is 22.3 Å². The van der Waals surface area contributed by atoms with Crippen LogP contribution in [0.4, 0.5) is 35.5 Å². The van der Waals surface area contributed by atoms with Gasteiger partial charge in [0.1, 0.15) is 5.82 Å². The molecule has 0 aliphatic carbocycles. The summed E-state index contributed by atoms with van der Waals surface area (Å²) < 4.78 is 121. The molecular formula is C26H30F7N3O3S. The summed E-state index contributed by atoms with van der Waals surface area (Å²) in [5, 5.41) is 0. The SMILES string of the molecule is CCS(=O)(=O)N[C@H]1CCN(C(=O)N(C)[C@H](C)c2cc(C(F)(F)F)cc(C(F)(F)F)c2)[C@@H](c2ccc(F)cc2C)C1. The number of nitrogens with one attached hydrogen (secondary N) is 1. The quantitative estimate of drug-likeness (QED) is 0.391. The Morgan fingerprint density at radius 1 is 1.07 bits per heavy atom. The first kappa shape index (κ1) is 31.7. The van der Waals surface area contributed by atoms with Crippen molar-refractivity contribution in [1.29, 1.82) is 0 Å². The zero-order valence-corrected chi connectivity index (χ0v) is 23.0. The number of alkyl halides is 6. The highest BCUT2D eigenvalue weighted by atomic mass is 32.2. The van der Waals surface area contributed by atoms with E-state index in [4.69, 9.17) is 0 Å². The Hall–Kier alpha value is -2.87. The average molecular weight is 598 g/mol. The molecule has 14 heteroatoms. The van der Waals surface area contributed by atoms with Crippen LogP contribution in [0.2, 0.25) is 0 Å². The van der Waals surface area contributed by atoms with Crippen molar-refractivity contribution in [3.05, 3.63) is 70.0 Å². The van der Waals surface area contributed by atoms with Gasteiger partial charge in [-0.1, -0.05) is 6.07 Å². The lowest BCUT2D eigenvalue weighted by Gasteiger charge is -2.43. The van der Waals surface area contributed by atoms with Gasteiger partial charge >= 0.3 is 18.4 Å². The molecule has 1 fully saturated rings. The van der Waals surface area contributed by atoms with E-state index in [9.17, 15) is 43.9 Å². The maximum absolute atomic E-state index is 13.8. The summed E-state index contributed by atoms with van der Waals surface area (Å²) in [4.78, 5) is 16.1. The van der Waals surface area contributed by atoms with Crippen molar-refractivity contribution in [2.24, 2.45) is 0 Å². The fourth-order valence-electron chi connectivity index (χ4n) is 4.76. The van der Waals surface area contributed by atoms with E-state index in [1.165, 1.54) is 44.0 Å². The van der Waals surface area contributed by atoms with Gasteiger partial charge in [0.2, 0.25) is 10.0 Å². The molecule has 1 N–H and O–H groups in total. The number of carbonyl (C=O) groups is 1. The molecule has 0 aromatic heterocycles. The molecule has 0 bridgehead atoms. The number of hydrogen-bond donors (Lipinski definition) is 1. The van der Waals surface area contributed by atoms with Crippen LogP contribution in [0, 0.1) is 12.7 Å². The highest BCUT2D eigenvalue weighted by Crippen LogP contribution is 2.39. The molecule has 1 heterocycles. The highest BCUT2D eigenvalue weighted by Gasteiger charge is 2.40. The third kappa shape index (κ3) is 7.25. The topological polar surface area (TPSA) is 69.7 Å². The number of hydrogen-bond acceptors (Lipinski definition) is 3. The summed E-state index contributed by atoms with van der Waals surface area (Å²) in [6.07, 6.45) is -9.75. The van der Waals surface area contributed by atoms with Crippen LogP contribution in [0.1, 0.15) is 66.6 Å². The lowest BCUT2D eigenvalue weighted by Crippen LogP contribution is -2.51. The van der Waals surface area contributed by atoms with Gasteiger partial charge < -0.3 is 9.80 Å². The Labute approximate surface area is 228 Å². The summed E-state index contributed by atoms with van der Waals surface area (Å²) in [6, 6.07) is 1.92. The minimum atomic E-state index is -5.04. The summed E-state index contributed by atoms with van der Waals surface area (Å²) in [7, 11) is -2.32. The minimum Gasteiger partial charge on any atom is -0.321 e. The number of carbonyl (C=O) groups excluding carboxylic acids is 1. The first-order chi connectivity index (χ1) is 18.3. The van der Waals surface area contributed by atoms with Crippen LogP contribution in [0.15, 0.2) is 36.4 Å². The second kappa shape index (κ2) is 11.6. The standard InChI is InChI=1S/C26H30F7N3O3S/c1-5-40(38,39)34-21-8-9-36(23(14-21)22-7-6-20(27)10-15(22)2)24(37)35(4)16(3)17-11-18(25(28,29)30)13-19(12-17)26(31,32)33/h6-7,10-13,16,21,23,34H,5,8-9,14H2,1-4H3/t16-,21+,23-/m1/s1. The van der Waals surface area contributed by atoms with Crippen LogP contribution in [-0.2, 0) is 22.4 Å². The van der Waals surface area contributed by atoms with Crippen molar-refractivity contribution >= 4 is 16.1 Å². The van der Waals surface area contributed by atoms with E-state index >= 15 is 0 Å². The van der Waals surface area contributed by atoms with Crippen LogP contribution in [0.5, 0.6) is 0 Å². The van der Waals surface area contributed by atoms with Crippen molar-refractivity contribution in [3.8, 4) is 0 Å². The smallest absolute Gasteiger partial charge is 0.321 e. The number of nitrogens with zero attached hydrogens (tertiary/aromatic N) is 2. The molecule has 0 saturated carbocycles. The average Bonchev–Trinajstić information content (AvgIpc) is 2.86. The Morgan fingerprint density at radius 3 is 2.15 bits per heavy atom. The van der Waals surface area contributed by atoms with Crippen LogP contribution >= 0.6 is 0 Å². The monoisotopic (exact) mass is 597 g/mol. The number of rotatable bonds is 6. The van der Waals surface area contributed by atoms with Crippen LogP contribution in [0.25, 0.3) is 0 Å². The number of urea groups is 1. The van der Waals surface area contributed by atoms with Gasteiger partial charge in [0.15, 0.2) is 0 Å². The van der Waals surface area contributed by atoms with E-state index in [0.717, 1.165) is 4.90 Å². The Balaban J connectivity index is 1.98. The maximum Gasteiger partial charge on any atom is 0.416 e. The van der Waals surface area contributed by atoms with Crippen molar-refractivity contribution < 1.29 is 43.9 Å². The van der Waals surface area contributed by atoms with Crippen LogP contribution in [-0.4, -0.2) is 49.6 Å². The number of halogens is 7. The van der Waals surface area contributed by atoms with Crippen LogP contribution in [0.3, 0.4) is 0 Å². The predicted molar refractivity (Wildman–Crippen MR) is 134 cm³/mol.